The van der Waals surface area contributed by atoms with E-state index >= 15 is 0 Å². The number of benzene rings is 2. The molecule has 0 bridgehead atoms. The average Bonchev–Trinajstić information content (AvgIpc) is 3.59. The van der Waals surface area contributed by atoms with Gasteiger partial charge in [-0.25, -0.2) is 10.2 Å². The van der Waals surface area contributed by atoms with Crippen LogP contribution in [-0.4, -0.2) is 42.5 Å². The van der Waals surface area contributed by atoms with Crippen molar-refractivity contribution in [1.29, 1.82) is 0 Å². The lowest BCUT2D eigenvalue weighted by Crippen LogP contribution is -2.26. The number of aryl methyl sites for hydroxylation is 2. The number of furan rings is 1. The molecule has 0 radical (unpaired) electrons. The van der Waals surface area contributed by atoms with Crippen molar-refractivity contribution in [1.82, 2.24) is 9.99 Å². The number of ether oxygens (including phenoxy) is 4. The lowest BCUT2D eigenvalue weighted by molar-refractivity contribution is -0.150. The Morgan fingerprint density at radius 2 is 1.79 bits per heavy atom. The molecule has 0 aliphatic rings. The number of hydrazone groups is 1. The molecule has 42 heavy (non-hydrogen) atoms. The summed E-state index contributed by atoms with van der Waals surface area (Å²) in [6, 6.07) is 18.3. The Balaban J connectivity index is 1.32. The molecule has 1 amide bonds. The lowest BCUT2D eigenvalue weighted by Gasteiger charge is -2.17. The number of hydrogen-bond donors (Lipinski definition) is 1. The average molecular weight is 594 g/mol. The Morgan fingerprint density at radius 3 is 2.45 bits per heavy atom. The molecule has 220 valence electrons. The molecule has 10 nitrogen and oxygen atoms in total. The summed E-state index contributed by atoms with van der Waals surface area (Å²) < 4.78 is 29.6. The predicted molar refractivity (Wildman–Crippen MR) is 158 cm³/mol. The molecule has 11 heteroatoms. The second-order valence-electron chi connectivity index (χ2n) is 9.25. The predicted octanol–water partition coefficient (Wildman–Crippen LogP) is 6.02. The molecule has 1 N–H and O–H groups in total. The van der Waals surface area contributed by atoms with Crippen molar-refractivity contribution in [2.75, 3.05) is 13.7 Å². The summed E-state index contributed by atoms with van der Waals surface area (Å²) in [7, 11) is 1.44. The van der Waals surface area contributed by atoms with Crippen LogP contribution in [0.15, 0.2) is 70.2 Å². The summed E-state index contributed by atoms with van der Waals surface area (Å²) in [5, 5.41) is 4.17. The number of rotatable bonds is 12. The summed E-state index contributed by atoms with van der Waals surface area (Å²) in [5.74, 6) is 0.639. The zero-order valence-corrected chi connectivity index (χ0v) is 24.7. The minimum Gasteiger partial charge on any atom is -0.493 e. The van der Waals surface area contributed by atoms with Gasteiger partial charge in [-0.2, -0.15) is 5.10 Å². The van der Waals surface area contributed by atoms with Crippen LogP contribution in [0.5, 0.6) is 17.2 Å². The number of esters is 1. The van der Waals surface area contributed by atoms with Gasteiger partial charge in [0, 0.05) is 17.1 Å². The first-order valence-electron chi connectivity index (χ1n) is 13.2. The second-order valence-corrected chi connectivity index (χ2v) is 9.65. The lowest BCUT2D eigenvalue weighted by atomic mass is 10.2. The summed E-state index contributed by atoms with van der Waals surface area (Å²) in [4.78, 5) is 24.4. The number of carbonyl (C=O) groups excluding carboxylic acids is 2. The Labute approximate surface area is 248 Å². The summed E-state index contributed by atoms with van der Waals surface area (Å²) in [6.45, 7) is 7.76. The van der Waals surface area contributed by atoms with Crippen LogP contribution in [0.3, 0.4) is 0 Å². The first-order chi connectivity index (χ1) is 20.2. The smallest absolute Gasteiger partial charge is 0.347 e. The van der Waals surface area contributed by atoms with Gasteiger partial charge in [0.15, 0.2) is 23.4 Å². The van der Waals surface area contributed by atoms with E-state index in [2.05, 4.69) is 41.1 Å². The zero-order chi connectivity index (χ0) is 30.2. The third kappa shape index (κ3) is 7.32. The fraction of sp³-hybridized carbons (Fsp3) is 0.258. The van der Waals surface area contributed by atoms with E-state index in [0.29, 0.717) is 17.1 Å². The van der Waals surface area contributed by atoms with Crippen molar-refractivity contribution < 1.29 is 33.0 Å². The fourth-order valence-corrected chi connectivity index (χ4v) is 4.40. The molecule has 2 aromatic carbocycles. The van der Waals surface area contributed by atoms with Crippen molar-refractivity contribution in [2.24, 2.45) is 5.10 Å². The van der Waals surface area contributed by atoms with Gasteiger partial charge in [0.1, 0.15) is 18.1 Å². The van der Waals surface area contributed by atoms with Gasteiger partial charge in [0.05, 0.1) is 25.0 Å². The number of halogens is 1. The molecule has 0 saturated carbocycles. The molecule has 2 heterocycles. The van der Waals surface area contributed by atoms with Gasteiger partial charge in [-0.15, -0.1) is 0 Å². The number of nitrogens with zero attached hydrogens (tertiary/aromatic N) is 2. The topological polar surface area (TPSA) is 114 Å². The molecular formula is C31H32ClN3O7. The Kier molecular flexibility index (Phi) is 9.93. The highest BCUT2D eigenvalue weighted by Crippen LogP contribution is 2.37. The second kappa shape index (κ2) is 13.8. The monoisotopic (exact) mass is 593 g/mol. The SMILES string of the molecule is CCOC(=O)[C@@H](C)Oc1c(Cl)cc(/C=N/NC(=O)c2ccc(COc3ccc(-n4c(C)ccc4C)cc3)o2)cc1OC. The van der Waals surface area contributed by atoms with Crippen molar-refractivity contribution >= 4 is 29.7 Å². The summed E-state index contributed by atoms with van der Waals surface area (Å²) in [5.41, 5.74) is 6.29. The van der Waals surface area contributed by atoms with Gasteiger partial charge >= 0.3 is 11.9 Å². The van der Waals surface area contributed by atoms with Gasteiger partial charge in [-0.3, -0.25) is 4.79 Å². The zero-order valence-electron chi connectivity index (χ0n) is 24.0. The fourth-order valence-electron chi connectivity index (χ4n) is 4.13. The Morgan fingerprint density at radius 1 is 1.07 bits per heavy atom. The van der Waals surface area contributed by atoms with E-state index in [0.717, 1.165) is 17.1 Å². The van der Waals surface area contributed by atoms with Crippen LogP contribution in [-0.2, 0) is 16.1 Å². The van der Waals surface area contributed by atoms with E-state index in [1.165, 1.54) is 13.3 Å². The quantitative estimate of drug-likeness (QED) is 0.121. The molecule has 0 aliphatic carbocycles. The molecule has 0 aliphatic heterocycles. The van der Waals surface area contributed by atoms with Crippen molar-refractivity contribution in [3.8, 4) is 22.9 Å². The number of carbonyl (C=O) groups is 2. The van der Waals surface area contributed by atoms with E-state index in [1.807, 2.05) is 24.3 Å². The minimum absolute atomic E-state index is 0.0759. The summed E-state index contributed by atoms with van der Waals surface area (Å²) in [6.07, 6.45) is 0.501. The van der Waals surface area contributed by atoms with Gasteiger partial charge in [0.2, 0.25) is 0 Å². The van der Waals surface area contributed by atoms with Crippen molar-refractivity contribution in [2.45, 2.75) is 40.4 Å². The first kappa shape index (κ1) is 30.3. The molecule has 1 atom stereocenters. The third-order valence-electron chi connectivity index (χ3n) is 6.18. The summed E-state index contributed by atoms with van der Waals surface area (Å²) >= 11 is 6.36. The highest BCUT2D eigenvalue weighted by Gasteiger charge is 2.21. The largest absolute Gasteiger partial charge is 0.493 e. The van der Waals surface area contributed by atoms with Crippen LogP contribution in [0, 0.1) is 13.8 Å². The highest BCUT2D eigenvalue weighted by molar-refractivity contribution is 6.32. The number of amides is 1. The first-order valence-corrected chi connectivity index (χ1v) is 13.6. The van der Waals surface area contributed by atoms with Gasteiger partial charge in [-0.1, -0.05) is 11.6 Å². The van der Waals surface area contributed by atoms with Crippen LogP contribution < -0.4 is 19.6 Å². The van der Waals surface area contributed by atoms with Crippen LogP contribution in [0.1, 0.15) is 47.1 Å². The highest BCUT2D eigenvalue weighted by atomic mass is 35.5. The molecule has 2 aromatic heterocycles. The number of methoxy groups -OCH3 is 1. The molecule has 4 rings (SSSR count). The maximum Gasteiger partial charge on any atom is 0.347 e. The molecule has 0 spiro atoms. The van der Waals surface area contributed by atoms with E-state index in [4.69, 9.17) is 35.0 Å². The van der Waals surface area contributed by atoms with Gasteiger partial charge in [-0.05, 0) is 93.9 Å². The van der Waals surface area contributed by atoms with Crippen molar-refractivity contribution in [3.05, 3.63) is 94.2 Å². The molecular weight excluding hydrogens is 562 g/mol. The minimum atomic E-state index is -0.886. The normalized spacial score (nSPS) is 11.8. The maximum absolute atomic E-state index is 12.5. The van der Waals surface area contributed by atoms with E-state index in [1.54, 1.807) is 38.1 Å². The number of aromatic nitrogens is 1. The van der Waals surface area contributed by atoms with Crippen LogP contribution in [0.4, 0.5) is 0 Å². The van der Waals surface area contributed by atoms with Gasteiger partial charge in [0.25, 0.3) is 0 Å². The van der Waals surface area contributed by atoms with Gasteiger partial charge < -0.3 is 27.9 Å². The Hall–Kier alpha value is -4.70. The van der Waals surface area contributed by atoms with E-state index in [9.17, 15) is 9.59 Å². The van der Waals surface area contributed by atoms with Crippen LogP contribution >= 0.6 is 11.6 Å². The van der Waals surface area contributed by atoms with Crippen LogP contribution in [0.25, 0.3) is 5.69 Å². The molecule has 0 fully saturated rings. The van der Waals surface area contributed by atoms with Crippen LogP contribution in [0.2, 0.25) is 5.02 Å². The standard InChI is InChI=1S/C31H32ClN3O7/c1-6-39-31(37)21(4)41-29-26(32)15-22(16-28(29)38-5)17-33-34-30(36)27-14-13-25(42-27)18-40-24-11-9-23(10-12-24)35-19(2)7-8-20(35)3/h7-17,21H,6,18H2,1-5H3,(H,34,36)/b33-17+/t21-/m1/s1. The number of nitrogens with one attached hydrogen (secondary N) is 1. The molecule has 0 unspecified atom stereocenters. The van der Waals surface area contributed by atoms with Crippen molar-refractivity contribution in [3.63, 3.8) is 0 Å². The van der Waals surface area contributed by atoms with E-state index < -0.39 is 18.0 Å². The molecule has 4 aromatic rings. The third-order valence-corrected chi connectivity index (χ3v) is 6.46. The number of hydrogen-bond acceptors (Lipinski definition) is 8. The Bertz CT molecular complexity index is 1550. The van der Waals surface area contributed by atoms with E-state index in [-0.39, 0.29) is 35.5 Å². The molecule has 0 saturated heterocycles. The maximum atomic E-state index is 12.5.